The lowest BCUT2D eigenvalue weighted by Crippen LogP contribution is -2.35. The van der Waals surface area contributed by atoms with Gasteiger partial charge in [-0.2, -0.15) is 0 Å². The molecule has 0 aromatic carbocycles. The monoisotopic (exact) mass is 230 g/mol. The lowest BCUT2D eigenvalue weighted by molar-refractivity contribution is -0.181. The molecule has 0 amide bonds. The minimum atomic E-state index is -0.341. The predicted octanol–water partition coefficient (Wildman–Crippen LogP) is 2.66. The number of rotatable bonds is 3. The van der Waals surface area contributed by atoms with E-state index in [0.717, 1.165) is 25.7 Å². The van der Waals surface area contributed by atoms with E-state index in [0.29, 0.717) is 19.0 Å². The first-order valence-corrected chi connectivity index (χ1v) is 5.95. The van der Waals surface area contributed by atoms with Gasteiger partial charge in [0.2, 0.25) is 0 Å². The Morgan fingerprint density at radius 1 is 1.33 bits per heavy atom. The van der Waals surface area contributed by atoms with Gasteiger partial charge in [0.05, 0.1) is 13.2 Å². The van der Waals surface area contributed by atoms with Gasteiger partial charge in [-0.3, -0.25) is 0 Å². The van der Waals surface area contributed by atoms with Gasteiger partial charge in [0.1, 0.15) is 5.76 Å². The summed E-state index contributed by atoms with van der Waals surface area (Å²) in [6.45, 7) is 5.16. The summed E-state index contributed by atoms with van der Waals surface area (Å²) in [6.07, 6.45) is 3.59. The molecule has 1 saturated carbocycles. The van der Waals surface area contributed by atoms with Crippen LogP contribution in [0.3, 0.4) is 0 Å². The minimum absolute atomic E-state index is 0.282. The second-order valence-electron chi connectivity index (χ2n) is 4.01. The average molecular weight is 230 g/mol. The van der Waals surface area contributed by atoms with E-state index in [1.54, 1.807) is 0 Å². The number of ether oxygens (including phenoxy) is 2. The van der Waals surface area contributed by atoms with Gasteiger partial charge in [0.25, 0.3) is 0 Å². The van der Waals surface area contributed by atoms with E-state index in [9.17, 15) is 4.57 Å². The fraction of sp³-hybridized carbons (Fsp3) is 0.800. The summed E-state index contributed by atoms with van der Waals surface area (Å²) in [7, 11) is -0.318. The van der Waals surface area contributed by atoms with E-state index in [2.05, 4.69) is 6.58 Å². The predicted molar refractivity (Wildman–Crippen MR) is 54.4 cm³/mol. The molecule has 2 fully saturated rings. The SMILES string of the molecule is C=C(OP=O)C1CCC2(CC1)OCCO2. The van der Waals surface area contributed by atoms with E-state index in [4.69, 9.17) is 14.0 Å². The molecule has 0 aromatic heterocycles. The van der Waals surface area contributed by atoms with Gasteiger partial charge < -0.3 is 14.0 Å². The highest BCUT2D eigenvalue weighted by molar-refractivity contribution is 7.17. The van der Waals surface area contributed by atoms with E-state index in [-0.39, 0.29) is 20.4 Å². The molecule has 1 heterocycles. The van der Waals surface area contributed by atoms with Crippen molar-refractivity contribution in [2.45, 2.75) is 31.5 Å². The Kier molecular flexibility index (Phi) is 3.39. The molecule has 0 radical (unpaired) electrons. The van der Waals surface area contributed by atoms with Gasteiger partial charge in [0, 0.05) is 18.8 Å². The molecule has 0 unspecified atom stereocenters. The first-order valence-electron chi connectivity index (χ1n) is 5.22. The van der Waals surface area contributed by atoms with Crippen molar-refractivity contribution in [3.05, 3.63) is 12.3 Å². The molecule has 0 atom stereocenters. The summed E-state index contributed by atoms with van der Waals surface area (Å²) >= 11 is 0. The first-order chi connectivity index (χ1) is 7.26. The van der Waals surface area contributed by atoms with Crippen molar-refractivity contribution in [1.82, 2.24) is 0 Å². The molecule has 2 rings (SSSR count). The van der Waals surface area contributed by atoms with Crippen molar-refractivity contribution in [2.75, 3.05) is 13.2 Å². The normalized spacial score (nSPS) is 25.9. The standard InChI is InChI=1S/C10H15O4P/c1-8(14-15-11)9-2-4-10(5-3-9)12-6-7-13-10/h9H,1-7H2. The molecule has 1 aliphatic carbocycles. The van der Waals surface area contributed by atoms with E-state index < -0.39 is 0 Å². The second kappa shape index (κ2) is 4.60. The molecule has 84 valence electrons. The van der Waals surface area contributed by atoms with Crippen LogP contribution in [0.15, 0.2) is 12.3 Å². The highest BCUT2D eigenvalue weighted by Crippen LogP contribution is 2.40. The zero-order valence-electron chi connectivity index (χ0n) is 8.61. The lowest BCUT2D eigenvalue weighted by Gasteiger charge is -2.35. The van der Waals surface area contributed by atoms with Gasteiger partial charge in [-0.05, 0) is 12.8 Å². The Labute approximate surface area is 90.9 Å². The average Bonchev–Trinajstić information content (AvgIpc) is 2.68. The summed E-state index contributed by atoms with van der Waals surface area (Å²) in [5.74, 6) is 0.552. The van der Waals surface area contributed by atoms with Crippen LogP contribution in [0.25, 0.3) is 0 Å². The molecule has 0 N–H and O–H groups in total. The van der Waals surface area contributed by atoms with E-state index in [1.165, 1.54) is 0 Å². The zero-order valence-corrected chi connectivity index (χ0v) is 9.50. The largest absolute Gasteiger partial charge is 0.413 e. The summed E-state index contributed by atoms with van der Waals surface area (Å²) in [5.41, 5.74) is 0. The third kappa shape index (κ3) is 2.39. The van der Waals surface area contributed by atoms with Crippen LogP contribution in [0.1, 0.15) is 25.7 Å². The number of hydrogen-bond acceptors (Lipinski definition) is 4. The molecule has 2 aliphatic rings. The Morgan fingerprint density at radius 3 is 2.47 bits per heavy atom. The molecule has 15 heavy (non-hydrogen) atoms. The molecular weight excluding hydrogens is 215 g/mol. The highest BCUT2D eigenvalue weighted by atomic mass is 31.1. The van der Waals surface area contributed by atoms with Crippen molar-refractivity contribution >= 4 is 8.69 Å². The van der Waals surface area contributed by atoms with Crippen LogP contribution in [0.5, 0.6) is 0 Å². The smallest absolute Gasteiger partial charge is 0.395 e. The number of hydrogen-bond donors (Lipinski definition) is 0. The fourth-order valence-corrected chi connectivity index (χ4v) is 2.53. The summed E-state index contributed by atoms with van der Waals surface area (Å²) in [5, 5.41) is 0. The van der Waals surface area contributed by atoms with Gasteiger partial charge in [-0.1, -0.05) is 6.58 Å². The van der Waals surface area contributed by atoms with Gasteiger partial charge in [0.15, 0.2) is 5.79 Å². The van der Waals surface area contributed by atoms with Crippen LogP contribution < -0.4 is 0 Å². The number of allylic oxidation sites excluding steroid dienone is 1. The van der Waals surface area contributed by atoms with Crippen LogP contribution in [-0.4, -0.2) is 19.0 Å². The molecular formula is C10H15O4P. The fourth-order valence-electron chi connectivity index (χ4n) is 2.29. The summed E-state index contributed by atoms with van der Waals surface area (Å²) in [4.78, 5) is 0. The van der Waals surface area contributed by atoms with Crippen molar-refractivity contribution in [3.63, 3.8) is 0 Å². The van der Waals surface area contributed by atoms with Crippen molar-refractivity contribution < 1.29 is 18.6 Å². The van der Waals surface area contributed by atoms with E-state index >= 15 is 0 Å². The molecule has 1 aliphatic heterocycles. The maximum atomic E-state index is 10.3. The minimum Gasteiger partial charge on any atom is -0.413 e. The molecule has 0 bridgehead atoms. The van der Waals surface area contributed by atoms with Crippen LogP contribution in [-0.2, 0) is 18.6 Å². The Balaban J connectivity index is 1.86. The van der Waals surface area contributed by atoms with Crippen molar-refractivity contribution in [2.24, 2.45) is 5.92 Å². The van der Waals surface area contributed by atoms with Gasteiger partial charge >= 0.3 is 8.69 Å². The first kappa shape index (κ1) is 11.1. The van der Waals surface area contributed by atoms with E-state index in [1.807, 2.05) is 0 Å². The van der Waals surface area contributed by atoms with Crippen LogP contribution in [0.2, 0.25) is 0 Å². The van der Waals surface area contributed by atoms with Crippen molar-refractivity contribution in [3.8, 4) is 0 Å². The van der Waals surface area contributed by atoms with Crippen LogP contribution in [0, 0.1) is 5.92 Å². The van der Waals surface area contributed by atoms with Crippen molar-refractivity contribution in [1.29, 1.82) is 0 Å². The van der Waals surface area contributed by atoms with Gasteiger partial charge in [-0.15, -0.1) is 0 Å². The van der Waals surface area contributed by atoms with Crippen LogP contribution in [0.4, 0.5) is 0 Å². The highest BCUT2D eigenvalue weighted by Gasteiger charge is 2.41. The Bertz CT molecular complexity index is 250. The summed E-state index contributed by atoms with van der Waals surface area (Å²) < 4.78 is 26.4. The second-order valence-corrected chi connectivity index (χ2v) is 4.35. The lowest BCUT2D eigenvalue weighted by atomic mass is 9.84. The molecule has 1 spiro atoms. The molecule has 4 nitrogen and oxygen atoms in total. The zero-order chi connectivity index (χ0) is 10.7. The quantitative estimate of drug-likeness (QED) is 0.552. The third-order valence-corrected chi connectivity index (χ3v) is 3.48. The topological polar surface area (TPSA) is 44.8 Å². The summed E-state index contributed by atoms with van der Waals surface area (Å²) in [6, 6.07) is 0. The Hall–Kier alpha value is -0.440. The Morgan fingerprint density at radius 2 is 1.93 bits per heavy atom. The molecule has 1 saturated heterocycles. The van der Waals surface area contributed by atoms with Gasteiger partial charge in [-0.25, -0.2) is 4.57 Å². The maximum absolute atomic E-state index is 10.3. The molecule has 5 heteroatoms. The van der Waals surface area contributed by atoms with Crippen LogP contribution >= 0.6 is 8.69 Å². The third-order valence-electron chi connectivity index (χ3n) is 3.17. The maximum Gasteiger partial charge on any atom is 0.395 e. The molecule has 0 aromatic rings.